The normalized spacial score (nSPS) is 16.8. The van der Waals surface area contributed by atoms with E-state index in [1.807, 2.05) is 6.92 Å². The molecule has 0 aliphatic carbocycles. The van der Waals surface area contributed by atoms with E-state index in [0.29, 0.717) is 28.9 Å². The molecule has 1 aliphatic heterocycles. The van der Waals surface area contributed by atoms with Crippen LogP contribution in [0.5, 0.6) is 5.75 Å². The summed E-state index contributed by atoms with van der Waals surface area (Å²) in [5.41, 5.74) is 7.62. The zero-order valence-corrected chi connectivity index (χ0v) is 15.6. The maximum atomic E-state index is 12.7. The summed E-state index contributed by atoms with van der Waals surface area (Å²) in [5.74, 6) is -1.34. The van der Waals surface area contributed by atoms with Crippen molar-refractivity contribution < 1.29 is 19.5 Å². The number of carbonyl (C=O) groups is 3. The Morgan fingerprint density at radius 2 is 1.96 bits per heavy atom. The molecule has 8 heteroatoms. The predicted octanol–water partition coefficient (Wildman–Crippen LogP) is 2.12. The van der Waals surface area contributed by atoms with Crippen LogP contribution in [0.15, 0.2) is 36.4 Å². The number of aromatic hydroxyl groups is 1. The average Bonchev–Trinajstić information content (AvgIpc) is 2.77. The second kappa shape index (κ2) is 7.59. The van der Waals surface area contributed by atoms with Crippen LogP contribution in [0.1, 0.15) is 52.6 Å². The van der Waals surface area contributed by atoms with Gasteiger partial charge in [-0.15, -0.1) is 0 Å². The number of amides is 3. The standard InChI is InChI=1S/C20H22N4O4/c1-10-7-18(26)24-15-5-3-13(9-16(15)22-10)20(28)23-11(2)12-4-6-17(25)14(8-12)19(21)27/h3-6,8-11,22,25H,7H2,1-2H3,(H2,21,27)(H,23,28)(H,24,26). The van der Waals surface area contributed by atoms with Gasteiger partial charge in [-0.05, 0) is 49.7 Å². The highest BCUT2D eigenvalue weighted by molar-refractivity contribution is 6.00. The molecule has 3 amide bonds. The maximum absolute atomic E-state index is 12.7. The van der Waals surface area contributed by atoms with Gasteiger partial charge in [-0.25, -0.2) is 0 Å². The molecule has 2 aromatic carbocycles. The minimum Gasteiger partial charge on any atom is -0.507 e. The number of rotatable bonds is 4. The fourth-order valence-corrected chi connectivity index (χ4v) is 3.09. The van der Waals surface area contributed by atoms with E-state index in [9.17, 15) is 19.5 Å². The quantitative estimate of drug-likeness (QED) is 0.552. The summed E-state index contributed by atoms with van der Waals surface area (Å²) in [6.07, 6.45) is 0.344. The van der Waals surface area contributed by atoms with Gasteiger partial charge in [-0.1, -0.05) is 6.07 Å². The summed E-state index contributed by atoms with van der Waals surface area (Å²) in [6, 6.07) is 8.97. The molecule has 0 spiro atoms. The van der Waals surface area contributed by atoms with Gasteiger partial charge >= 0.3 is 0 Å². The van der Waals surface area contributed by atoms with Gasteiger partial charge in [0, 0.05) is 18.0 Å². The van der Waals surface area contributed by atoms with Gasteiger partial charge in [0.15, 0.2) is 0 Å². The van der Waals surface area contributed by atoms with E-state index in [-0.39, 0.29) is 29.2 Å². The van der Waals surface area contributed by atoms with Gasteiger partial charge < -0.3 is 26.8 Å². The molecule has 2 unspecified atom stereocenters. The van der Waals surface area contributed by atoms with Crippen molar-refractivity contribution >= 4 is 29.1 Å². The Labute approximate surface area is 162 Å². The molecule has 3 rings (SSSR count). The molecule has 1 aliphatic rings. The molecule has 0 saturated heterocycles. The van der Waals surface area contributed by atoms with Crippen molar-refractivity contribution in [3.8, 4) is 5.75 Å². The largest absolute Gasteiger partial charge is 0.507 e. The van der Waals surface area contributed by atoms with Gasteiger partial charge in [0.1, 0.15) is 5.75 Å². The first-order valence-electron chi connectivity index (χ1n) is 8.88. The third kappa shape index (κ3) is 4.06. The van der Waals surface area contributed by atoms with Crippen LogP contribution in [0.2, 0.25) is 0 Å². The van der Waals surface area contributed by atoms with Gasteiger partial charge in [0.25, 0.3) is 11.8 Å². The fourth-order valence-electron chi connectivity index (χ4n) is 3.09. The zero-order valence-electron chi connectivity index (χ0n) is 15.6. The predicted molar refractivity (Wildman–Crippen MR) is 105 cm³/mol. The minimum atomic E-state index is -0.745. The fraction of sp³-hybridized carbons (Fsp3) is 0.250. The van der Waals surface area contributed by atoms with Crippen LogP contribution >= 0.6 is 0 Å². The SMILES string of the molecule is CC1CC(=O)Nc2ccc(C(=O)NC(C)c3ccc(O)c(C(N)=O)c3)cc2N1. The highest BCUT2D eigenvalue weighted by Crippen LogP contribution is 2.28. The Morgan fingerprint density at radius 1 is 1.21 bits per heavy atom. The first-order chi connectivity index (χ1) is 13.2. The van der Waals surface area contributed by atoms with Gasteiger partial charge in [-0.3, -0.25) is 14.4 Å². The first-order valence-corrected chi connectivity index (χ1v) is 8.88. The molecule has 0 fully saturated rings. The van der Waals surface area contributed by atoms with E-state index in [1.165, 1.54) is 12.1 Å². The van der Waals surface area contributed by atoms with E-state index in [1.54, 1.807) is 31.2 Å². The molecule has 1 heterocycles. The lowest BCUT2D eigenvalue weighted by Crippen LogP contribution is -2.27. The summed E-state index contributed by atoms with van der Waals surface area (Å²) in [7, 11) is 0. The monoisotopic (exact) mass is 382 g/mol. The van der Waals surface area contributed by atoms with Crippen molar-refractivity contribution in [1.29, 1.82) is 0 Å². The summed E-state index contributed by atoms with van der Waals surface area (Å²) in [4.78, 5) is 35.9. The second-order valence-corrected chi connectivity index (χ2v) is 6.89. The Kier molecular flexibility index (Phi) is 5.21. The number of anilines is 2. The van der Waals surface area contributed by atoms with Gasteiger partial charge in [0.2, 0.25) is 5.91 Å². The Morgan fingerprint density at radius 3 is 2.68 bits per heavy atom. The zero-order chi connectivity index (χ0) is 20.4. The van der Waals surface area contributed by atoms with Crippen molar-refractivity contribution in [3.63, 3.8) is 0 Å². The molecule has 2 aromatic rings. The number of nitrogens with two attached hydrogens (primary N) is 1. The van der Waals surface area contributed by atoms with Crippen molar-refractivity contribution in [2.75, 3.05) is 10.6 Å². The number of carbonyl (C=O) groups excluding carboxylic acids is 3. The number of nitrogens with one attached hydrogen (secondary N) is 3. The van der Waals surface area contributed by atoms with Crippen LogP contribution in [0.25, 0.3) is 0 Å². The van der Waals surface area contributed by atoms with E-state index < -0.39 is 11.9 Å². The molecule has 0 bridgehead atoms. The first kappa shape index (κ1) is 19.2. The Balaban J connectivity index is 1.79. The average molecular weight is 382 g/mol. The van der Waals surface area contributed by atoms with E-state index in [0.717, 1.165) is 0 Å². The summed E-state index contributed by atoms with van der Waals surface area (Å²) in [6.45, 7) is 3.66. The molecule has 0 radical (unpaired) electrons. The molecule has 0 aromatic heterocycles. The van der Waals surface area contributed by atoms with Crippen LogP contribution in [-0.2, 0) is 4.79 Å². The lowest BCUT2D eigenvalue weighted by atomic mass is 10.0. The Hall–Kier alpha value is -3.55. The number of phenols is 1. The van der Waals surface area contributed by atoms with Crippen molar-refractivity contribution in [3.05, 3.63) is 53.1 Å². The second-order valence-electron chi connectivity index (χ2n) is 6.89. The highest BCUT2D eigenvalue weighted by Gasteiger charge is 2.20. The summed E-state index contributed by atoms with van der Waals surface area (Å²) in [5, 5.41) is 18.6. The Bertz CT molecular complexity index is 957. The van der Waals surface area contributed by atoms with Crippen molar-refractivity contribution in [1.82, 2.24) is 5.32 Å². The number of primary amides is 1. The minimum absolute atomic E-state index is 0.00226. The molecule has 2 atom stereocenters. The van der Waals surface area contributed by atoms with Crippen LogP contribution < -0.4 is 21.7 Å². The number of hydrogen-bond donors (Lipinski definition) is 5. The van der Waals surface area contributed by atoms with E-state index in [4.69, 9.17) is 5.73 Å². The molecule has 0 saturated carbocycles. The lowest BCUT2D eigenvalue weighted by molar-refractivity contribution is -0.116. The van der Waals surface area contributed by atoms with Crippen LogP contribution in [0.3, 0.4) is 0 Å². The molecule has 28 heavy (non-hydrogen) atoms. The lowest BCUT2D eigenvalue weighted by Gasteiger charge is -2.17. The third-order valence-corrected chi connectivity index (χ3v) is 4.58. The van der Waals surface area contributed by atoms with Crippen LogP contribution in [-0.4, -0.2) is 28.9 Å². The maximum Gasteiger partial charge on any atom is 0.252 e. The summed E-state index contributed by atoms with van der Waals surface area (Å²) < 4.78 is 0. The molecule has 8 nitrogen and oxygen atoms in total. The molecular weight excluding hydrogens is 360 g/mol. The summed E-state index contributed by atoms with van der Waals surface area (Å²) >= 11 is 0. The van der Waals surface area contributed by atoms with Crippen LogP contribution in [0.4, 0.5) is 11.4 Å². The van der Waals surface area contributed by atoms with Gasteiger partial charge in [0.05, 0.1) is 23.0 Å². The number of benzene rings is 2. The van der Waals surface area contributed by atoms with Crippen molar-refractivity contribution in [2.45, 2.75) is 32.4 Å². The van der Waals surface area contributed by atoms with Crippen LogP contribution in [0, 0.1) is 0 Å². The van der Waals surface area contributed by atoms with Crippen molar-refractivity contribution in [2.24, 2.45) is 5.73 Å². The molecule has 146 valence electrons. The smallest absolute Gasteiger partial charge is 0.252 e. The molecular formula is C20H22N4O4. The molecule has 6 N–H and O–H groups in total. The van der Waals surface area contributed by atoms with E-state index in [2.05, 4.69) is 16.0 Å². The van der Waals surface area contributed by atoms with Gasteiger partial charge in [-0.2, -0.15) is 0 Å². The third-order valence-electron chi connectivity index (χ3n) is 4.58. The number of hydrogen-bond acceptors (Lipinski definition) is 5. The highest BCUT2D eigenvalue weighted by atomic mass is 16.3. The van der Waals surface area contributed by atoms with E-state index >= 15 is 0 Å². The number of fused-ring (bicyclic) bond motifs is 1. The topological polar surface area (TPSA) is 134 Å².